The molecule has 1 atom stereocenters. The van der Waals surface area contributed by atoms with Crippen molar-refractivity contribution in [3.8, 4) is 5.75 Å². The Hall–Kier alpha value is -3.66. The monoisotopic (exact) mass is 368 g/mol. The average Bonchev–Trinajstić information content (AvgIpc) is 3.19. The first kappa shape index (κ1) is 17.7. The third kappa shape index (κ3) is 3.71. The first-order valence-corrected chi connectivity index (χ1v) is 9.19. The summed E-state index contributed by atoms with van der Waals surface area (Å²) in [6.45, 7) is 0. The van der Waals surface area contributed by atoms with E-state index in [2.05, 4.69) is 5.10 Å². The molecule has 1 unspecified atom stereocenters. The molecule has 0 fully saturated rings. The molecule has 1 N–H and O–H groups in total. The Kier molecular flexibility index (Phi) is 5.02. The van der Waals surface area contributed by atoms with Crippen molar-refractivity contribution in [2.75, 3.05) is 0 Å². The second-order valence-electron chi connectivity index (χ2n) is 6.62. The molecule has 138 valence electrons. The number of hydrogen-bond donors (Lipinski definition) is 1. The quantitative estimate of drug-likeness (QED) is 0.674. The fraction of sp³-hybridized carbons (Fsp3) is 0.0833. The Morgan fingerprint density at radius 3 is 2.29 bits per heavy atom. The highest BCUT2D eigenvalue weighted by atomic mass is 16.3. The van der Waals surface area contributed by atoms with Crippen molar-refractivity contribution in [3.05, 3.63) is 108 Å². The molecule has 0 spiro atoms. The number of amides is 1. The standard InChI is InChI=1S/C24H20N2O2/c27-23-14-8-7-13-20(23)21-17-22(19-11-5-2-6-12-19)26(25-21)24(28)16-15-18-9-3-1-4-10-18/h1-16,22,27H,17H2. The summed E-state index contributed by atoms with van der Waals surface area (Å²) >= 11 is 0. The molecule has 0 radical (unpaired) electrons. The summed E-state index contributed by atoms with van der Waals surface area (Å²) in [5.74, 6) is -0.0229. The van der Waals surface area contributed by atoms with Crippen LogP contribution in [0.2, 0.25) is 0 Å². The van der Waals surface area contributed by atoms with E-state index in [4.69, 9.17) is 0 Å². The maximum atomic E-state index is 12.9. The summed E-state index contributed by atoms with van der Waals surface area (Å²) < 4.78 is 0. The van der Waals surface area contributed by atoms with Gasteiger partial charge >= 0.3 is 0 Å². The highest BCUT2D eigenvalue weighted by Crippen LogP contribution is 2.34. The minimum absolute atomic E-state index is 0.169. The van der Waals surface area contributed by atoms with Crippen LogP contribution in [0.1, 0.15) is 29.2 Å². The van der Waals surface area contributed by atoms with Gasteiger partial charge in [0.25, 0.3) is 5.91 Å². The largest absolute Gasteiger partial charge is 0.507 e. The van der Waals surface area contributed by atoms with Gasteiger partial charge in [0, 0.05) is 18.1 Å². The van der Waals surface area contributed by atoms with Crippen LogP contribution in [0.25, 0.3) is 6.08 Å². The Balaban J connectivity index is 1.66. The molecule has 0 saturated carbocycles. The SMILES string of the molecule is O=C(C=Cc1ccccc1)N1N=C(c2ccccc2O)CC1c1ccccc1. The van der Waals surface area contributed by atoms with Crippen LogP contribution in [0.15, 0.2) is 96.1 Å². The van der Waals surface area contributed by atoms with Gasteiger partial charge < -0.3 is 5.11 Å². The summed E-state index contributed by atoms with van der Waals surface area (Å²) in [5.41, 5.74) is 3.33. The Morgan fingerprint density at radius 1 is 0.929 bits per heavy atom. The van der Waals surface area contributed by atoms with Crippen LogP contribution in [-0.2, 0) is 4.79 Å². The number of aromatic hydroxyl groups is 1. The third-order valence-corrected chi connectivity index (χ3v) is 4.75. The van der Waals surface area contributed by atoms with Crippen LogP contribution in [0.5, 0.6) is 5.75 Å². The van der Waals surface area contributed by atoms with Crippen molar-refractivity contribution in [2.45, 2.75) is 12.5 Å². The lowest BCUT2D eigenvalue weighted by Gasteiger charge is -2.20. The maximum absolute atomic E-state index is 12.9. The second kappa shape index (κ2) is 7.92. The highest BCUT2D eigenvalue weighted by molar-refractivity contribution is 6.06. The summed E-state index contributed by atoms with van der Waals surface area (Å²) in [6.07, 6.45) is 3.88. The lowest BCUT2D eigenvalue weighted by Crippen LogP contribution is -2.25. The van der Waals surface area contributed by atoms with E-state index >= 15 is 0 Å². The first-order valence-electron chi connectivity index (χ1n) is 9.19. The molecule has 4 nitrogen and oxygen atoms in total. The van der Waals surface area contributed by atoms with Crippen molar-refractivity contribution in [1.82, 2.24) is 5.01 Å². The molecule has 3 aromatic carbocycles. The molecule has 4 rings (SSSR count). The van der Waals surface area contributed by atoms with Gasteiger partial charge in [-0.1, -0.05) is 72.8 Å². The number of phenols is 1. The van der Waals surface area contributed by atoms with Gasteiger partial charge in [-0.25, -0.2) is 5.01 Å². The normalized spacial score (nSPS) is 16.4. The molecule has 0 saturated heterocycles. The van der Waals surface area contributed by atoms with Crippen molar-refractivity contribution in [3.63, 3.8) is 0 Å². The lowest BCUT2D eigenvalue weighted by atomic mass is 9.98. The second-order valence-corrected chi connectivity index (χ2v) is 6.62. The van der Waals surface area contributed by atoms with E-state index in [9.17, 15) is 9.90 Å². The topological polar surface area (TPSA) is 52.9 Å². The number of hydrogen-bond acceptors (Lipinski definition) is 3. The molecule has 0 bridgehead atoms. The van der Waals surface area contributed by atoms with Gasteiger partial charge in [0.1, 0.15) is 5.75 Å². The van der Waals surface area contributed by atoms with Crippen molar-refractivity contribution < 1.29 is 9.90 Å². The Bertz CT molecular complexity index is 1030. The van der Waals surface area contributed by atoms with Crippen LogP contribution >= 0.6 is 0 Å². The number of benzene rings is 3. The van der Waals surface area contributed by atoms with Crippen LogP contribution in [0, 0.1) is 0 Å². The number of carbonyl (C=O) groups excluding carboxylic acids is 1. The van der Waals surface area contributed by atoms with E-state index in [1.807, 2.05) is 72.8 Å². The molecule has 1 aliphatic heterocycles. The molecule has 1 aliphatic rings. The summed E-state index contributed by atoms with van der Waals surface area (Å²) in [7, 11) is 0. The van der Waals surface area contributed by atoms with E-state index in [1.165, 1.54) is 5.01 Å². The summed E-state index contributed by atoms with van der Waals surface area (Å²) in [5, 5.41) is 16.3. The summed E-state index contributed by atoms with van der Waals surface area (Å²) in [6, 6.07) is 26.4. The van der Waals surface area contributed by atoms with Crippen molar-refractivity contribution >= 4 is 17.7 Å². The smallest absolute Gasteiger partial charge is 0.267 e. The predicted octanol–water partition coefficient (Wildman–Crippen LogP) is 4.78. The lowest BCUT2D eigenvalue weighted by molar-refractivity contribution is -0.127. The third-order valence-electron chi connectivity index (χ3n) is 4.75. The molecule has 1 amide bonds. The van der Waals surface area contributed by atoms with Crippen LogP contribution in [0.3, 0.4) is 0 Å². The minimum atomic E-state index is -0.205. The number of nitrogens with zero attached hydrogens (tertiary/aromatic N) is 2. The molecule has 3 aromatic rings. The molecule has 1 heterocycles. The number of rotatable bonds is 4. The highest BCUT2D eigenvalue weighted by Gasteiger charge is 2.32. The van der Waals surface area contributed by atoms with E-state index in [1.54, 1.807) is 24.3 Å². The van der Waals surface area contributed by atoms with Crippen LogP contribution in [-0.4, -0.2) is 21.7 Å². The molecule has 28 heavy (non-hydrogen) atoms. The van der Waals surface area contributed by atoms with Gasteiger partial charge in [0.05, 0.1) is 11.8 Å². The van der Waals surface area contributed by atoms with Crippen molar-refractivity contribution in [2.24, 2.45) is 5.10 Å². The van der Waals surface area contributed by atoms with Gasteiger partial charge in [-0.05, 0) is 29.3 Å². The Morgan fingerprint density at radius 2 is 1.57 bits per heavy atom. The van der Waals surface area contributed by atoms with E-state index in [0.29, 0.717) is 17.7 Å². The van der Waals surface area contributed by atoms with Gasteiger partial charge in [0.2, 0.25) is 0 Å². The molecule has 0 aliphatic carbocycles. The van der Waals surface area contributed by atoms with Gasteiger partial charge in [-0.2, -0.15) is 5.10 Å². The first-order chi connectivity index (χ1) is 13.7. The minimum Gasteiger partial charge on any atom is -0.507 e. The zero-order valence-electron chi connectivity index (χ0n) is 15.3. The predicted molar refractivity (Wildman–Crippen MR) is 111 cm³/mol. The fourth-order valence-electron chi connectivity index (χ4n) is 3.34. The zero-order chi connectivity index (χ0) is 19.3. The molecule has 0 aromatic heterocycles. The zero-order valence-corrected chi connectivity index (χ0v) is 15.3. The fourth-order valence-corrected chi connectivity index (χ4v) is 3.34. The number of hydrazone groups is 1. The summed E-state index contributed by atoms with van der Waals surface area (Å²) in [4.78, 5) is 12.9. The molecular weight excluding hydrogens is 348 g/mol. The van der Waals surface area contributed by atoms with Gasteiger partial charge in [-0.3, -0.25) is 4.79 Å². The molecule has 4 heteroatoms. The van der Waals surface area contributed by atoms with E-state index in [-0.39, 0.29) is 17.7 Å². The number of carbonyl (C=O) groups is 1. The van der Waals surface area contributed by atoms with E-state index < -0.39 is 0 Å². The van der Waals surface area contributed by atoms with Crippen molar-refractivity contribution in [1.29, 1.82) is 0 Å². The number of phenolic OH excluding ortho intramolecular Hbond substituents is 1. The van der Waals surface area contributed by atoms with Gasteiger partial charge in [0.15, 0.2) is 0 Å². The average molecular weight is 368 g/mol. The number of para-hydroxylation sites is 1. The molecular formula is C24H20N2O2. The van der Waals surface area contributed by atoms with Crippen LogP contribution in [0.4, 0.5) is 0 Å². The van der Waals surface area contributed by atoms with Crippen LogP contribution < -0.4 is 0 Å². The van der Waals surface area contributed by atoms with Gasteiger partial charge in [-0.15, -0.1) is 0 Å². The maximum Gasteiger partial charge on any atom is 0.267 e. The Labute approximate surface area is 164 Å². The van der Waals surface area contributed by atoms with E-state index in [0.717, 1.165) is 11.1 Å².